The van der Waals surface area contributed by atoms with Gasteiger partial charge in [-0.15, -0.1) is 5.10 Å². The van der Waals surface area contributed by atoms with E-state index in [0.29, 0.717) is 17.0 Å². The molecule has 0 aliphatic heterocycles. The van der Waals surface area contributed by atoms with Crippen molar-refractivity contribution in [3.63, 3.8) is 0 Å². The molecule has 4 aromatic carbocycles. The number of carbonyl (C=O) groups excluding carboxylic acids is 2. The second kappa shape index (κ2) is 10.0. The van der Waals surface area contributed by atoms with Crippen molar-refractivity contribution in [1.29, 1.82) is 0 Å². The lowest BCUT2D eigenvalue weighted by Crippen LogP contribution is -2.26. The lowest BCUT2D eigenvalue weighted by atomic mass is 10.1. The van der Waals surface area contributed by atoms with Crippen LogP contribution in [0.25, 0.3) is 16.5 Å². The van der Waals surface area contributed by atoms with Crippen LogP contribution >= 0.6 is 0 Å². The molecule has 0 aliphatic rings. The van der Waals surface area contributed by atoms with E-state index < -0.39 is 6.09 Å². The van der Waals surface area contributed by atoms with E-state index in [1.54, 1.807) is 41.2 Å². The Morgan fingerprint density at radius 2 is 1.58 bits per heavy atom. The largest absolute Gasteiger partial charge is 0.412 e. The molecule has 5 aromatic rings. The number of hydrogen-bond acceptors (Lipinski definition) is 5. The Kier molecular flexibility index (Phi) is 6.31. The summed E-state index contributed by atoms with van der Waals surface area (Å²) in [5.41, 5.74) is 8.48. The van der Waals surface area contributed by atoms with Crippen molar-refractivity contribution in [2.45, 2.75) is 6.54 Å². The Bertz CT molecular complexity index is 1520. The van der Waals surface area contributed by atoms with Crippen LogP contribution in [0.15, 0.2) is 103 Å². The van der Waals surface area contributed by atoms with Gasteiger partial charge in [0.15, 0.2) is 5.82 Å². The summed E-state index contributed by atoms with van der Waals surface area (Å²) in [6.07, 6.45) is 1.09. The molecule has 1 aromatic heterocycles. The maximum absolute atomic E-state index is 12.7. The summed E-state index contributed by atoms with van der Waals surface area (Å²) in [7, 11) is 0. The van der Waals surface area contributed by atoms with Gasteiger partial charge in [0.2, 0.25) is 0 Å². The topological polar surface area (TPSA) is 111 Å². The Hall–Kier alpha value is -5.11. The van der Waals surface area contributed by atoms with Gasteiger partial charge in [-0.1, -0.05) is 66.7 Å². The molecule has 1 heterocycles. The zero-order valence-electron chi connectivity index (χ0n) is 19.2. The van der Waals surface area contributed by atoms with Crippen LogP contribution in [-0.4, -0.2) is 21.8 Å². The molecule has 4 N–H and O–H groups in total. The number of ether oxygens (including phenoxy) is 1. The number of nitrogens with one attached hydrogen (secondary N) is 2. The number of nitrogens with zero attached hydrogens (tertiary/aromatic N) is 2. The van der Waals surface area contributed by atoms with E-state index in [9.17, 15) is 9.59 Å². The molecule has 0 atom stereocenters. The predicted octanol–water partition coefficient (Wildman–Crippen LogP) is 5.15. The molecule has 8 nitrogen and oxygen atoms in total. The van der Waals surface area contributed by atoms with E-state index in [1.165, 1.54) is 0 Å². The van der Waals surface area contributed by atoms with Crippen molar-refractivity contribution in [1.82, 2.24) is 15.1 Å². The Morgan fingerprint density at radius 1 is 0.861 bits per heavy atom. The maximum Gasteiger partial charge on any atom is 0.412 e. The standard InChI is InChI=1S/C28H23N5O3/c29-24-18-33(22-9-2-1-3-10-22)32-26(24)31-27(34)21-15-13-19(14-16-21)17-30-28(35)36-25-12-6-8-20-7-4-5-11-23(20)25/h1-16,18H,17,29H2,(H,30,35)(H,31,32,34). The fourth-order valence-electron chi connectivity index (χ4n) is 3.75. The van der Waals surface area contributed by atoms with Crippen molar-refractivity contribution >= 4 is 34.3 Å². The molecule has 0 radical (unpaired) electrons. The monoisotopic (exact) mass is 477 g/mol. The van der Waals surface area contributed by atoms with Gasteiger partial charge in [0.05, 0.1) is 17.6 Å². The number of rotatable bonds is 6. The third-order valence-electron chi connectivity index (χ3n) is 5.60. The lowest BCUT2D eigenvalue weighted by Gasteiger charge is -2.09. The lowest BCUT2D eigenvalue weighted by molar-refractivity contribution is 0.102. The second-order valence-corrected chi connectivity index (χ2v) is 8.08. The summed E-state index contributed by atoms with van der Waals surface area (Å²) in [6, 6.07) is 29.6. The highest BCUT2D eigenvalue weighted by Crippen LogP contribution is 2.25. The molecule has 0 fully saturated rings. The van der Waals surface area contributed by atoms with Crippen molar-refractivity contribution < 1.29 is 14.3 Å². The third kappa shape index (κ3) is 5.02. The number of para-hydroxylation sites is 1. The number of nitrogens with two attached hydrogens (primary N) is 1. The summed E-state index contributed by atoms with van der Waals surface area (Å²) in [6.45, 7) is 0.250. The van der Waals surface area contributed by atoms with Gasteiger partial charge in [-0.25, -0.2) is 9.48 Å². The first-order chi connectivity index (χ1) is 17.6. The molecule has 178 valence electrons. The second-order valence-electron chi connectivity index (χ2n) is 8.08. The van der Waals surface area contributed by atoms with Gasteiger partial charge in [-0.3, -0.25) is 4.79 Å². The van der Waals surface area contributed by atoms with Crippen LogP contribution in [0.4, 0.5) is 16.3 Å². The molecule has 0 saturated carbocycles. The number of amides is 2. The highest BCUT2D eigenvalue weighted by molar-refractivity contribution is 6.05. The quantitative estimate of drug-likeness (QED) is 0.313. The summed E-state index contributed by atoms with van der Waals surface area (Å²) in [4.78, 5) is 25.0. The van der Waals surface area contributed by atoms with Crippen molar-refractivity contribution in [3.05, 3.63) is 114 Å². The first-order valence-electron chi connectivity index (χ1n) is 11.3. The minimum absolute atomic E-state index is 0.250. The summed E-state index contributed by atoms with van der Waals surface area (Å²) in [5, 5.41) is 11.7. The van der Waals surface area contributed by atoms with Gasteiger partial charge < -0.3 is 21.1 Å². The van der Waals surface area contributed by atoms with Crippen LogP contribution in [0.1, 0.15) is 15.9 Å². The van der Waals surface area contributed by atoms with Gasteiger partial charge in [0.25, 0.3) is 5.91 Å². The summed E-state index contributed by atoms with van der Waals surface area (Å²) < 4.78 is 7.10. The minimum Gasteiger partial charge on any atom is -0.410 e. The normalized spacial score (nSPS) is 10.7. The van der Waals surface area contributed by atoms with Gasteiger partial charge in [-0.05, 0) is 41.3 Å². The maximum atomic E-state index is 12.7. The first kappa shape index (κ1) is 22.7. The fourth-order valence-corrected chi connectivity index (χ4v) is 3.75. The van der Waals surface area contributed by atoms with Crippen LogP contribution < -0.4 is 21.1 Å². The predicted molar refractivity (Wildman–Crippen MR) is 139 cm³/mol. The first-order valence-corrected chi connectivity index (χ1v) is 11.3. The highest BCUT2D eigenvalue weighted by Gasteiger charge is 2.13. The SMILES string of the molecule is Nc1cn(-c2ccccc2)nc1NC(=O)c1ccc(CNC(=O)Oc2cccc3ccccc23)cc1. The molecule has 0 unspecified atom stereocenters. The molecule has 0 bridgehead atoms. The number of nitrogen functional groups attached to an aromatic ring is 1. The Labute approximate surface area is 207 Å². The molecule has 8 heteroatoms. The van der Waals surface area contributed by atoms with Crippen LogP contribution in [0.2, 0.25) is 0 Å². The molecular weight excluding hydrogens is 454 g/mol. The van der Waals surface area contributed by atoms with E-state index in [-0.39, 0.29) is 18.3 Å². The van der Waals surface area contributed by atoms with E-state index in [2.05, 4.69) is 15.7 Å². The minimum atomic E-state index is -0.558. The molecule has 36 heavy (non-hydrogen) atoms. The van der Waals surface area contributed by atoms with E-state index >= 15 is 0 Å². The molecule has 0 saturated heterocycles. The van der Waals surface area contributed by atoms with Crippen molar-refractivity contribution in [3.8, 4) is 11.4 Å². The Morgan fingerprint density at radius 3 is 2.39 bits per heavy atom. The fraction of sp³-hybridized carbons (Fsp3) is 0.0357. The molecule has 5 rings (SSSR count). The number of fused-ring (bicyclic) bond motifs is 1. The van der Waals surface area contributed by atoms with E-state index in [0.717, 1.165) is 22.0 Å². The average molecular weight is 478 g/mol. The van der Waals surface area contributed by atoms with Crippen molar-refractivity contribution in [2.24, 2.45) is 0 Å². The number of aromatic nitrogens is 2. The van der Waals surface area contributed by atoms with E-state index in [4.69, 9.17) is 10.5 Å². The summed E-state index contributed by atoms with van der Waals surface area (Å²) in [5.74, 6) is 0.437. The average Bonchev–Trinajstić information content (AvgIpc) is 3.28. The van der Waals surface area contributed by atoms with E-state index in [1.807, 2.05) is 66.7 Å². The number of carbonyl (C=O) groups is 2. The van der Waals surface area contributed by atoms with Gasteiger partial charge in [0, 0.05) is 17.5 Å². The van der Waals surface area contributed by atoms with Gasteiger partial charge >= 0.3 is 6.09 Å². The summed E-state index contributed by atoms with van der Waals surface area (Å²) >= 11 is 0. The third-order valence-corrected chi connectivity index (χ3v) is 5.60. The Balaban J connectivity index is 1.18. The number of benzene rings is 4. The van der Waals surface area contributed by atoms with Crippen LogP contribution in [0.3, 0.4) is 0 Å². The van der Waals surface area contributed by atoms with Gasteiger partial charge in [-0.2, -0.15) is 0 Å². The highest BCUT2D eigenvalue weighted by atomic mass is 16.6. The zero-order valence-corrected chi connectivity index (χ0v) is 19.2. The van der Waals surface area contributed by atoms with Crippen molar-refractivity contribution in [2.75, 3.05) is 11.1 Å². The molecular formula is C28H23N5O3. The van der Waals surface area contributed by atoms with Crippen LogP contribution in [-0.2, 0) is 6.54 Å². The molecule has 0 aliphatic carbocycles. The van der Waals surface area contributed by atoms with Gasteiger partial charge in [0.1, 0.15) is 5.75 Å². The zero-order chi connectivity index (χ0) is 24.9. The number of hydrogen-bond donors (Lipinski definition) is 3. The smallest absolute Gasteiger partial charge is 0.410 e. The number of anilines is 2. The van der Waals surface area contributed by atoms with Crippen LogP contribution in [0, 0.1) is 0 Å². The van der Waals surface area contributed by atoms with Crippen LogP contribution in [0.5, 0.6) is 5.75 Å². The molecule has 0 spiro atoms. The molecule has 2 amide bonds.